The molecule has 136 valence electrons. The van der Waals surface area contributed by atoms with Gasteiger partial charge in [0, 0.05) is 24.5 Å². The standard InChI is InChI=1S/C21H31N3O/c1-21(11-3-2-4-20(21)25)16-23-19-9-12-24(13-10-19)15-18-7-5-17(14-22)6-8-18/h5-8,19-20,23,25H,2-4,9-13,15-16H2,1H3. The first-order valence-electron chi connectivity index (χ1n) is 9.72. The quantitative estimate of drug-likeness (QED) is 0.864. The first-order chi connectivity index (χ1) is 12.1. The molecule has 0 bridgehead atoms. The number of benzene rings is 1. The Hall–Kier alpha value is -1.41. The van der Waals surface area contributed by atoms with Gasteiger partial charge in [0.05, 0.1) is 17.7 Å². The number of aliphatic hydroxyl groups excluding tert-OH is 1. The first-order valence-corrected chi connectivity index (χ1v) is 9.72. The number of hydrogen-bond acceptors (Lipinski definition) is 4. The number of likely N-dealkylation sites (tertiary alicyclic amines) is 1. The molecule has 0 amide bonds. The summed E-state index contributed by atoms with van der Waals surface area (Å²) < 4.78 is 0. The predicted octanol–water partition coefficient (Wildman–Crippen LogP) is 3.05. The van der Waals surface area contributed by atoms with Crippen molar-refractivity contribution in [3.63, 3.8) is 0 Å². The Morgan fingerprint density at radius 1 is 1.20 bits per heavy atom. The third-order valence-electron chi connectivity index (χ3n) is 6.15. The molecule has 0 radical (unpaired) electrons. The van der Waals surface area contributed by atoms with Crippen molar-refractivity contribution in [2.45, 2.75) is 64.1 Å². The molecule has 1 aliphatic heterocycles. The highest BCUT2D eigenvalue weighted by Gasteiger charge is 2.35. The zero-order valence-electron chi connectivity index (χ0n) is 15.4. The van der Waals surface area contributed by atoms with Crippen LogP contribution in [0.1, 0.15) is 56.6 Å². The average molecular weight is 341 g/mol. The van der Waals surface area contributed by atoms with Crippen LogP contribution >= 0.6 is 0 Å². The van der Waals surface area contributed by atoms with Gasteiger partial charge in [-0.15, -0.1) is 0 Å². The van der Waals surface area contributed by atoms with E-state index in [-0.39, 0.29) is 11.5 Å². The van der Waals surface area contributed by atoms with Crippen LogP contribution in [0.5, 0.6) is 0 Å². The molecule has 3 rings (SSSR count). The molecule has 1 heterocycles. The van der Waals surface area contributed by atoms with Crippen LogP contribution in [0.25, 0.3) is 0 Å². The molecule has 2 fully saturated rings. The lowest BCUT2D eigenvalue weighted by atomic mass is 9.73. The van der Waals surface area contributed by atoms with E-state index in [0.717, 1.165) is 44.6 Å². The smallest absolute Gasteiger partial charge is 0.0991 e. The summed E-state index contributed by atoms with van der Waals surface area (Å²) in [7, 11) is 0. The maximum Gasteiger partial charge on any atom is 0.0991 e. The Kier molecular flexibility index (Phi) is 6.11. The van der Waals surface area contributed by atoms with Gasteiger partial charge in [-0.3, -0.25) is 4.90 Å². The van der Waals surface area contributed by atoms with Crippen molar-refractivity contribution < 1.29 is 5.11 Å². The molecule has 1 aliphatic carbocycles. The van der Waals surface area contributed by atoms with Crippen LogP contribution in [0.2, 0.25) is 0 Å². The Morgan fingerprint density at radius 3 is 2.56 bits per heavy atom. The molecule has 1 aromatic carbocycles. The number of piperidine rings is 1. The van der Waals surface area contributed by atoms with Gasteiger partial charge in [0.15, 0.2) is 0 Å². The van der Waals surface area contributed by atoms with E-state index in [0.29, 0.717) is 6.04 Å². The van der Waals surface area contributed by atoms with Crippen LogP contribution < -0.4 is 5.32 Å². The Labute approximate surface area is 151 Å². The summed E-state index contributed by atoms with van der Waals surface area (Å²) in [5.74, 6) is 0. The monoisotopic (exact) mass is 341 g/mol. The molecular formula is C21H31N3O. The van der Waals surface area contributed by atoms with Crippen molar-refractivity contribution >= 4 is 0 Å². The van der Waals surface area contributed by atoms with Gasteiger partial charge in [-0.05, 0) is 56.5 Å². The normalized spacial score (nSPS) is 28.6. The van der Waals surface area contributed by atoms with Crippen LogP contribution in [0.15, 0.2) is 24.3 Å². The van der Waals surface area contributed by atoms with Gasteiger partial charge in [-0.1, -0.05) is 31.9 Å². The van der Waals surface area contributed by atoms with Gasteiger partial charge in [0.1, 0.15) is 0 Å². The second-order valence-corrected chi connectivity index (χ2v) is 8.16. The molecule has 4 heteroatoms. The summed E-state index contributed by atoms with van der Waals surface area (Å²) in [6.45, 7) is 6.36. The van der Waals surface area contributed by atoms with Gasteiger partial charge in [-0.25, -0.2) is 0 Å². The molecular weight excluding hydrogens is 310 g/mol. The van der Waals surface area contributed by atoms with Crippen LogP contribution in [-0.2, 0) is 6.54 Å². The maximum atomic E-state index is 10.3. The largest absolute Gasteiger partial charge is 0.393 e. The third kappa shape index (κ3) is 4.82. The van der Waals surface area contributed by atoms with Gasteiger partial charge in [0.25, 0.3) is 0 Å². The summed E-state index contributed by atoms with van der Waals surface area (Å²) >= 11 is 0. The molecule has 1 saturated heterocycles. The van der Waals surface area contributed by atoms with E-state index in [4.69, 9.17) is 5.26 Å². The second kappa shape index (κ2) is 8.31. The highest BCUT2D eigenvalue weighted by Crippen LogP contribution is 2.35. The summed E-state index contributed by atoms with van der Waals surface area (Å²) in [6, 6.07) is 10.7. The molecule has 0 aromatic heterocycles. The molecule has 1 aromatic rings. The van der Waals surface area contributed by atoms with Crippen molar-refractivity contribution in [1.29, 1.82) is 5.26 Å². The van der Waals surface area contributed by atoms with E-state index in [1.807, 2.05) is 12.1 Å². The molecule has 1 saturated carbocycles. The maximum absolute atomic E-state index is 10.3. The van der Waals surface area contributed by atoms with Gasteiger partial charge in [0.2, 0.25) is 0 Å². The minimum atomic E-state index is -0.148. The van der Waals surface area contributed by atoms with Crippen LogP contribution in [0.4, 0.5) is 0 Å². The lowest BCUT2D eigenvalue weighted by Gasteiger charge is -2.41. The topological polar surface area (TPSA) is 59.3 Å². The van der Waals surface area contributed by atoms with Gasteiger partial charge < -0.3 is 10.4 Å². The lowest BCUT2D eigenvalue weighted by Crippen LogP contribution is -2.49. The summed E-state index contributed by atoms with van der Waals surface area (Å²) in [4.78, 5) is 2.50. The van der Waals surface area contributed by atoms with Crippen molar-refractivity contribution in [2.24, 2.45) is 5.41 Å². The van der Waals surface area contributed by atoms with E-state index in [9.17, 15) is 5.11 Å². The second-order valence-electron chi connectivity index (χ2n) is 8.16. The molecule has 2 N–H and O–H groups in total. The number of nitrogens with zero attached hydrogens (tertiary/aromatic N) is 2. The summed E-state index contributed by atoms with van der Waals surface area (Å²) in [5.41, 5.74) is 2.06. The molecule has 2 atom stereocenters. The molecule has 2 aliphatic rings. The lowest BCUT2D eigenvalue weighted by molar-refractivity contribution is -0.00166. The average Bonchev–Trinajstić information content (AvgIpc) is 2.64. The Balaban J connectivity index is 1.41. The van der Waals surface area contributed by atoms with Crippen LogP contribution in [0.3, 0.4) is 0 Å². The highest BCUT2D eigenvalue weighted by atomic mass is 16.3. The summed E-state index contributed by atoms with van der Waals surface area (Å²) in [6.07, 6.45) is 6.71. The van der Waals surface area contributed by atoms with Gasteiger partial charge >= 0.3 is 0 Å². The first kappa shape index (κ1) is 18.4. The van der Waals surface area contributed by atoms with Crippen LogP contribution in [-0.4, -0.2) is 41.8 Å². The van der Waals surface area contributed by atoms with E-state index in [1.165, 1.54) is 31.2 Å². The Bertz CT molecular complexity index is 586. The van der Waals surface area contributed by atoms with Gasteiger partial charge in [-0.2, -0.15) is 5.26 Å². The minimum absolute atomic E-state index is 0.0534. The zero-order valence-corrected chi connectivity index (χ0v) is 15.4. The number of nitrogens with one attached hydrogen (secondary N) is 1. The van der Waals surface area contributed by atoms with Crippen molar-refractivity contribution in [1.82, 2.24) is 10.2 Å². The van der Waals surface area contributed by atoms with Crippen molar-refractivity contribution in [3.05, 3.63) is 35.4 Å². The van der Waals surface area contributed by atoms with Crippen LogP contribution in [0, 0.1) is 16.7 Å². The highest BCUT2D eigenvalue weighted by molar-refractivity contribution is 5.31. The fourth-order valence-corrected chi connectivity index (χ4v) is 4.20. The van der Waals surface area contributed by atoms with E-state index in [1.54, 1.807) is 0 Å². The van der Waals surface area contributed by atoms with Crippen molar-refractivity contribution in [3.8, 4) is 6.07 Å². The molecule has 4 nitrogen and oxygen atoms in total. The third-order valence-corrected chi connectivity index (χ3v) is 6.15. The minimum Gasteiger partial charge on any atom is -0.393 e. The predicted molar refractivity (Wildman–Crippen MR) is 100 cm³/mol. The molecule has 0 spiro atoms. The van der Waals surface area contributed by atoms with Crippen molar-refractivity contribution in [2.75, 3.05) is 19.6 Å². The fourth-order valence-electron chi connectivity index (χ4n) is 4.20. The fraction of sp³-hybridized carbons (Fsp3) is 0.667. The molecule has 2 unspecified atom stereocenters. The Morgan fingerprint density at radius 2 is 1.92 bits per heavy atom. The zero-order chi connectivity index (χ0) is 17.7. The SMILES string of the molecule is CC1(CNC2CCN(Cc3ccc(C#N)cc3)CC2)CCCCC1O. The van der Waals surface area contributed by atoms with E-state index >= 15 is 0 Å². The summed E-state index contributed by atoms with van der Waals surface area (Å²) in [5, 5.41) is 22.9. The number of rotatable bonds is 5. The van der Waals surface area contributed by atoms with E-state index < -0.39 is 0 Å². The number of hydrogen-bond donors (Lipinski definition) is 2. The number of nitriles is 1. The number of aliphatic hydroxyl groups is 1. The van der Waals surface area contributed by atoms with E-state index in [2.05, 4.69) is 35.3 Å². The molecule has 25 heavy (non-hydrogen) atoms.